The normalized spacial score (nSPS) is 17.1. The Morgan fingerprint density at radius 1 is 0.556 bits per heavy atom. The third kappa shape index (κ3) is 13.2. The first kappa shape index (κ1) is 60.9. The van der Waals surface area contributed by atoms with Crippen molar-refractivity contribution in [2.45, 2.75) is 63.5 Å². The molecular weight excluding hydrogens is 1200 g/mol. The number of carbonyl (C=O) groups excluding carboxylic acids is 5. The van der Waals surface area contributed by atoms with Crippen molar-refractivity contribution < 1.29 is 52.8 Å². The van der Waals surface area contributed by atoms with Crippen LogP contribution in [0.1, 0.15) is 138 Å². The average molecular weight is 1270 g/mol. The molecule has 90 heavy (non-hydrogen) atoms. The molecule has 0 bridgehead atoms. The maximum atomic E-state index is 13.9. The van der Waals surface area contributed by atoms with Gasteiger partial charge in [-0.05, 0) is 114 Å². The van der Waals surface area contributed by atoms with Gasteiger partial charge >= 0.3 is 29.8 Å². The maximum absolute atomic E-state index is 13.9. The number of hydrogen-bond acceptors (Lipinski definition) is 17. The van der Waals surface area contributed by atoms with Crippen molar-refractivity contribution in [1.29, 1.82) is 0 Å². The Morgan fingerprint density at radius 3 is 1.61 bits per heavy atom. The second kappa shape index (κ2) is 27.1. The number of carboxylic acids is 1. The number of hydrogen-bond donors (Lipinski definition) is 2. The molecule has 2 aliphatic heterocycles. The Morgan fingerprint density at radius 2 is 1.06 bits per heavy atom. The molecule has 4 aliphatic rings. The number of carboxylic acid groups (broad SMARTS) is 1. The van der Waals surface area contributed by atoms with Crippen molar-refractivity contribution in [3.8, 4) is 22.3 Å². The van der Waals surface area contributed by atoms with Gasteiger partial charge in [-0.1, -0.05) is 115 Å². The van der Waals surface area contributed by atoms with E-state index in [0.717, 1.165) is 29.1 Å². The fraction of sp³-hybridized carbons (Fsp3) is 0.265. The van der Waals surface area contributed by atoms with Crippen LogP contribution in [0.2, 0.25) is 5.02 Å². The first-order valence-corrected chi connectivity index (χ1v) is 31.7. The molecule has 6 aromatic heterocycles. The van der Waals surface area contributed by atoms with E-state index in [4.69, 9.17) is 35.7 Å². The van der Waals surface area contributed by atoms with Crippen LogP contribution in [0, 0.1) is 11.8 Å². The molecule has 2 saturated heterocycles. The number of rotatable bonds is 16. The Hall–Kier alpha value is -9.41. The lowest BCUT2D eigenvalue weighted by atomic mass is 9.98. The van der Waals surface area contributed by atoms with Gasteiger partial charge in [0.2, 0.25) is 0 Å². The summed E-state index contributed by atoms with van der Waals surface area (Å²) in [6.45, 7) is 5.71. The number of imidazole rings is 2. The SMILES string of the molecule is CCOC(=O)c1csc([C@@H]2C[C@@H](CC(=O)OCC3c4ccccc4-c4ccccc43)CN2)n1.CCOC(=O)c1csc([C@@H]2C[C@@H](CC(=O)OCC3c4ccccc4-c4ccccc43)CN2C(=O)c2cn3cc(Cl)ccc3n2)n1.O=C(O)c1cn2ccccc2n1. The molecule has 4 aromatic carbocycles. The highest BCUT2D eigenvalue weighted by Gasteiger charge is 2.41. The second-order valence-corrected chi connectivity index (χ2v) is 24.3. The second-order valence-electron chi connectivity index (χ2n) is 22.1. The van der Waals surface area contributed by atoms with Crippen LogP contribution in [-0.4, -0.2) is 114 Å². The smallest absolute Gasteiger partial charge is 0.357 e. The predicted molar refractivity (Wildman–Crippen MR) is 338 cm³/mol. The number of amides is 1. The van der Waals surface area contributed by atoms with E-state index in [-0.39, 0.29) is 84.3 Å². The van der Waals surface area contributed by atoms with E-state index in [2.05, 4.69) is 73.8 Å². The quantitative estimate of drug-likeness (QED) is 0.0676. The Kier molecular flexibility index (Phi) is 18.3. The maximum Gasteiger partial charge on any atom is 0.357 e. The zero-order valence-electron chi connectivity index (χ0n) is 49.0. The highest BCUT2D eigenvalue weighted by molar-refractivity contribution is 7.10. The Balaban J connectivity index is 0.000000151. The van der Waals surface area contributed by atoms with E-state index >= 15 is 0 Å². The molecule has 22 heteroatoms. The molecule has 10 aromatic rings. The van der Waals surface area contributed by atoms with E-state index in [9.17, 15) is 28.8 Å². The van der Waals surface area contributed by atoms with E-state index < -0.39 is 23.9 Å². The van der Waals surface area contributed by atoms with Crippen LogP contribution >= 0.6 is 34.3 Å². The Labute approximate surface area is 530 Å². The molecule has 8 heterocycles. The molecule has 14 rings (SSSR count). The number of fused-ring (bicyclic) bond motifs is 8. The zero-order chi connectivity index (χ0) is 62.4. The summed E-state index contributed by atoms with van der Waals surface area (Å²) < 4.78 is 25.2. The van der Waals surface area contributed by atoms with Crippen LogP contribution in [-0.2, 0) is 28.5 Å². The number of likely N-dealkylation sites (tertiary alicyclic amines) is 1. The summed E-state index contributed by atoms with van der Waals surface area (Å²) in [6, 6.07) is 41.6. The summed E-state index contributed by atoms with van der Waals surface area (Å²) in [6.07, 6.45) is 8.38. The van der Waals surface area contributed by atoms with Crippen molar-refractivity contribution in [2.75, 3.05) is 39.5 Å². The molecule has 2 N–H and O–H groups in total. The number of halogens is 1. The van der Waals surface area contributed by atoms with E-state index in [1.807, 2.05) is 60.7 Å². The molecule has 458 valence electrons. The summed E-state index contributed by atoms with van der Waals surface area (Å²) in [5.41, 5.74) is 11.6. The van der Waals surface area contributed by atoms with Gasteiger partial charge in [0.1, 0.15) is 40.2 Å². The first-order chi connectivity index (χ1) is 43.8. The first-order valence-electron chi connectivity index (χ1n) is 29.6. The van der Waals surface area contributed by atoms with Gasteiger partial charge < -0.3 is 43.1 Å². The van der Waals surface area contributed by atoms with Gasteiger partial charge in [-0.15, -0.1) is 22.7 Å². The third-order valence-electron chi connectivity index (χ3n) is 16.3. The number of thiazole rings is 2. The molecule has 2 aliphatic carbocycles. The van der Waals surface area contributed by atoms with Gasteiger partial charge in [-0.2, -0.15) is 0 Å². The largest absolute Gasteiger partial charge is 0.476 e. The number of nitrogens with zero attached hydrogens (tertiary/aromatic N) is 7. The number of ether oxygens (including phenoxy) is 4. The summed E-state index contributed by atoms with van der Waals surface area (Å²) in [5.74, 6) is -2.63. The number of aromatic carboxylic acids is 1. The number of aromatic nitrogens is 6. The van der Waals surface area contributed by atoms with Crippen molar-refractivity contribution in [2.24, 2.45) is 11.8 Å². The average Bonchev–Trinajstić information content (AvgIpc) is 2.06. The van der Waals surface area contributed by atoms with Crippen molar-refractivity contribution >= 4 is 81.3 Å². The van der Waals surface area contributed by atoms with Crippen LogP contribution < -0.4 is 5.32 Å². The summed E-state index contributed by atoms with van der Waals surface area (Å²) in [7, 11) is 0. The molecule has 4 atom stereocenters. The minimum absolute atomic E-state index is 0.0316. The summed E-state index contributed by atoms with van der Waals surface area (Å²) in [4.78, 5) is 93.5. The minimum atomic E-state index is -1.00. The lowest BCUT2D eigenvalue weighted by Crippen LogP contribution is -2.31. The standard InChI is InChI=1S/C34H29ClN4O5S.C26H26N2O4S.C8H6N2O2/c1-2-43-34(42)28-19-45-32(37-28)29-13-20(15-39(29)33(41)27-17-38-16-21(35)11-12-30(38)36-27)14-31(40)44-18-26-24-9-5-3-7-22(24)23-8-4-6-10-25(23)26;1-2-31-26(30)23-15-33-25(28-23)22-11-16(13-27-22)12-24(29)32-14-21-19-9-5-3-7-17(19)18-8-4-6-10-20(18)21;11-8(12)6-5-10-4-2-1-3-7(10)9-6/h3-12,16-17,19-20,26,29H,2,13-15,18H2,1H3;3-10,15-16,21-22,27H,2,11-14H2,1H3;1-5H,(H,11,12)/t20-,29-;16-,22-;/m00./s1. The fourth-order valence-corrected chi connectivity index (χ4v) is 14.2. The lowest BCUT2D eigenvalue weighted by Gasteiger charge is -2.22. The Bertz CT molecular complexity index is 4210. The molecule has 0 saturated carbocycles. The zero-order valence-corrected chi connectivity index (χ0v) is 51.4. The van der Waals surface area contributed by atoms with Crippen LogP contribution in [0.4, 0.5) is 0 Å². The highest BCUT2D eigenvalue weighted by atomic mass is 35.5. The van der Waals surface area contributed by atoms with Gasteiger partial charge in [0.05, 0.1) is 36.7 Å². The number of benzene rings is 4. The number of esters is 4. The minimum Gasteiger partial charge on any atom is -0.476 e. The van der Waals surface area contributed by atoms with Crippen molar-refractivity contribution in [3.05, 3.63) is 223 Å². The van der Waals surface area contributed by atoms with E-state index in [1.54, 1.807) is 75.1 Å². The van der Waals surface area contributed by atoms with Crippen LogP contribution in [0.15, 0.2) is 163 Å². The van der Waals surface area contributed by atoms with Gasteiger partial charge in [0.25, 0.3) is 5.91 Å². The van der Waals surface area contributed by atoms with Gasteiger partial charge in [0, 0.05) is 60.3 Å². The van der Waals surface area contributed by atoms with Crippen LogP contribution in [0.3, 0.4) is 0 Å². The van der Waals surface area contributed by atoms with Crippen molar-refractivity contribution in [3.63, 3.8) is 0 Å². The number of carbonyl (C=O) groups is 6. The van der Waals surface area contributed by atoms with Crippen LogP contribution in [0.5, 0.6) is 0 Å². The molecule has 0 radical (unpaired) electrons. The van der Waals surface area contributed by atoms with Gasteiger partial charge in [0.15, 0.2) is 17.1 Å². The van der Waals surface area contributed by atoms with E-state index in [1.165, 1.54) is 62.3 Å². The number of nitrogens with one attached hydrogen (secondary N) is 1. The molecule has 0 unspecified atom stereocenters. The molecule has 1 amide bonds. The fourth-order valence-electron chi connectivity index (χ4n) is 12.2. The third-order valence-corrected chi connectivity index (χ3v) is 18.5. The van der Waals surface area contributed by atoms with Crippen LogP contribution in [0.25, 0.3) is 33.5 Å². The van der Waals surface area contributed by atoms with Crippen molar-refractivity contribution in [1.82, 2.24) is 39.0 Å². The number of pyridine rings is 2. The van der Waals surface area contributed by atoms with Gasteiger partial charge in [-0.3, -0.25) is 14.4 Å². The lowest BCUT2D eigenvalue weighted by molar-refractivity contribution is -0.145. The molecule has 2 fully saturated rings. The monoisotopic (exact) mass is 1260 g/mol. The highest BCUT2D eigenvalue weighted by Crippen LogP contribution is 2.47. The molecule has 19 nitrogen and oxygen atoms in total. The molecular formula is C68H61ClN8O11S2. The van der Waals surface area contributed by atoms with Gasteiger partial charge in [-0.25, -0.2) is 34.3 Å². The predicted octanol–water partition coefficient (Wildman–Crippen LogP) is 12.3. The summed E-state index contributed by atoms with van der Waals surface area (Å²) >= 11 is 8.88. The van der Waals surface area contributed by atoms with E-state index in [0.29, 0.717) is 59.6 Å². The summed E-state index contributed by atoms with van der Waals surface area (Å²) in [5, 5.41) is 17.4. The molecule has 0 spiro atoms. The topological polar surface area (TPSA) is 235 Å².